The Hall–Kier alpha value is -0.900. The van der Waals surface area contributed by atoms with Gasteiger partial charge in [0.2, 0.25) is 0 Å². The molecule has 0 saturated carbocycles. The molecule has 1 aliphatic rings. The van der Waals surface area contributed by atoms with Crippen LogP contribution >= 0.6 is 11.6 Å². The van der Waals surface area contributed by atoms with E-state index in [0.717, 1.165) is 6.54 Å². The number of benzene rings is 1. The largest absolute Gasteiger partial charge is 0.383 e. The van der Waals surface area contributed by atoms with Gasteiger partial charge in [-0.05, 0) is 37.6 Å². The van der Waals surface area contributed by atoms with E-state index in [1.54, 1.807) is 7.05 Å². The van der Waals surface area contributed by atoms with Crippen LogP contribution < -0.4 is 0 Å². The molecule has 1 aromatic carbocycles. The highest BCUT2D eigenvalue weighted by molar-refractivity contribution is 6.31. The third-order valence-electron chi connectivity index (χ3n) is 3.28. The van der Waals surface area contributed by atoms with E-state index in [1.807, 2.05) is 18.2 Å². The third kappa shape index (κ3) is 3.31. The average Bonchev–Trinajstić information content (AvgIpc) is 2.82. The predicted molar refractivity (Wildman–Crippen MR) is 75.3 cm³/mol. The highest BCUT2D eigenvalue weighted by Crippen LogP contribution is 2.24. The first-order chi connectivity index (χ1) is 8.70. The molecule has 0 aliphatic carbocycles. The number of rotatable bonds is 4. The molecule has 3 nitrogen and oxygen atoms in total. The van der Waals surface area contributed by atoms with Gasteiger partial charge in [0.15, 0.2) is 0 Å². The van der Waals surface area contributed by atoms with Gasteiger partial charge < -0.3 is 5.11 Å². The minimum absolute atomic E-state index is 0.610. The zero-order valence-electron chi connectivity index (χ0n) is 10.6. The van der Waals surface area contributed by atoms with Gasteiger partial charge >= 0.3 is 0 Å². The summed E-state index contributed by atoms with van der Waals surface area (Å²) < 4.78 is 0. The summed E-state index contributed by atoms with van der Waals surface area (Å²) in [5.41, 5.74) is 1.92. The Morgan fingerprint density at radius 2 is 2.17 bits per heavy atom. The molecule has 1 aliphatic heterocycles. The van der Waals surface area contributed by atoms with Crippen molar-refractivity contribution in [3.63, 3.8) is 0 Å². The molecule has 0 aromatic heterocycles. The van der Waals surface area contributed by atoms with Crippen molar-refractivity contribution in [2.45, 2.75) is 25.5 Å². The Kier molecular flexibility index (Phi) is 4.75. The van der Waals surface area contributed by atoms with E-state index in [1.165, 1.54) is 37.7 Å². The second kappa shape index (κ2) is 6.32. The summed E-state index contributed by atoms with van der Waals surface area (Å²) in [5, 5.41) is 10.4. The van der Waals surface area contributed by atoms with Crippen molar-refractivity contribution >= 4 is 17.8 Å². The number of likely N-dealkylation sites (tertiary alicyclic amines) is 1. The van der Waals surface area contributed by atoms with Crippen molar-refractivity contribution < 1.29 is 5.11 Å². The molecule has 1 fully saturated rings. The van der Waals surface area contributed by atoms with Gasteiger partial charge in [0.05, 0.1) is 0 Å². The molecule has 0 radical (unpaired) electrons. The van der Waals surface area contributed by atoms with Crippen molar-refractivity contribution in [1.29, 1.82) is 0 Å². The first kappa shape index (κ1) is 13.5. The maximum Gasteiger partial charge on any atom is 0.115 e. The SMILES string of the molecule is CN=CC(O)c1ccc(CN2CCCC2)cc1Cl. The molecule has 1 N–H and O–H groups in total. The smallest absolute Gasteiger partial charge is 0.115 e. The summed E-state index contributed by atoms with van der Waals surface area (Å²) in [5.74, 6) is 0. The van der Waals surface area contributed by atoms with Gasteiger partial charge in [0.25, 0.3) is 0 Å². The maximum atomic E-state index is 9.83. The number of aliphatic hydroxyl groups is 1. The Bertz CT molecular complexity index is 428. The molecular formula is C14H19ClN2O. The minimum Gasteiger partial charge on any atom is -0.383 e. The molecule has 1 heterocycles. The Labute approximate surface area is 113 Å². The van der Waals surface area contributed by atoms with Crippen LogP contribution in [0, 0.1) is 0 Å². The molecule has 4 heteroatoms. The van der Waals surface area contributed by atoms with Crippen LogP contribution in [0.5, 0.6) is 0 Å². The topological polar surface area (TPSA) is 35.8 Å². The number of halogens is 1. The first-order valence-electron chi connectivity index (χ1n) is 6.31. The zero-order chi connectivity index (χ0) is 13.0. The molecule has 1 atom stereocenters. The summed E-state index contributed by atoms with van der Waals surface area (Å²) in [6.45, 7) is 3.28. The summed E-state index contributed by atoms with van der Waals surface area (Å²) in [6.07, 6.45) is 3.35. The van der Waals surface area contributed by atoms with E-state index < -0.39 is 6.10 Å². The molecule has 1 saturated heterocycles. The summed E-state index contributed by atoms with van der Waals surface area (Å²) in [6, 6.07) is 5.87. The fraction of sp³-hybridized carbons (Fsp3) is 0.500. The molecule has 98 valence electrons. The van der Waals surface area contributed by atoms with Crippen LogP contribution in [0.15, 0.2) is 23.2 Å². The van der Waals surface area contributed by atoms with E-state index >= 15 is 0 Å². The highest BCUT2D eigenvalue weighted by atomic mass is 35.5. The highest BCUT2D eigenvalue weighted by Gasteiger charge is 2.14. The van der Waals surface area contributed by atoms with Gasteiger partial charge in [0.1, 0.15) is 6.10 Å². The summed E-state index contributed by atoms with van der Waals surface area (Å²) in [7, 11) is 1.64. The normalized spacial score (nSPS) is 18.6. The molecule has 1 aromatic rings. The second-order valence-electron chi connectivity index (χ2n) is 4.69. The van der Waals surface area contributed by atoms with E-state index in [2.05, 4.69) is 9.89 Å². The first-order valence-corrected chi connectivity index (χ1v) is 6.69. The van der Waals surface area contributed by atoms with Crippen molar-refractivity contribution in [2.24, 2.45) is 4.99 Å². The lowest BCUT2D eigenvalue weighted by atomic mass is 10.1. The van der Waals surface area contributed by atoms with Crippen LogP contribution in [0.25, 0.3) is 0 Å². The summed E-state index contributed by atoms with van der Waals surface area (Å²) >= 11 is 6.21. The van der Waals surface area contributed by atoms with Crippen molar-refractivity contribution in [3.8, 4) is 0 Å². The van der Waals surface area contributed by atoms with E-state index in [9.17, 15) is 5.11 Å². The molecule has 0 spiro atoms. The van der Waals surface area contributed by atoms with Gasteiger partial charge in [-0.25, -0.2) is 0 Å². The van der Waals surface area contributed by atoms with Gasteiger partial charge in [-0.15, -0.1) is 0 Å². The quantitative estimate of drug-likeness (QED) is 0.851. The molecule has 2 rings (SSSR count). The third-order valence-corrected chi connectivity index (χ3v) is 3.61. The van der Waals surface area contributed by atoms with Crippen LogP contribution in [0.2, 0.25) is 5.02 Å². The van der Waals surface area contributed by atoms with Crippen LogP contribution in [-0.4, -0.2) is 36.4 Å². The molecular weight excluding hydrogens is 248 g/mol. The zero-order valence-corrected chi connectivity index (χ0v) is 11.4. The number of hydrogen-bond donors (Lipinski definition) is 1. The Morgan fingerprint density at radius 1 is 1.44 bits per heavy atom. The second-order valence-corrected chi connectivity index (χ2v) is 5.10. The molecule has 18 heavy (non-hydrogen) atoms. The van der Waals surface area contributed by atoms with Crippen LogP contribution in [0.1, 0.15) is 30.1 Å². The van der Waals surface area contributed by atoms with E-state index in [0.29, 0.717) is 10.6 Å². The predicted octanol–water partition coefficient (Wildman–Crippen LogP) is 2.67. The maximum absolute atomic E-state index is 9.83. The molecule has 0 bridgehead atoms. The van der Waals surface area contributed by atoms with Gasteiger partial charge in [-0.3, -0.25) is 9.89 Å². The average molecular weight is 267 g/mol. The van der Waals surface area contributed by atoms with E-state index in [4.69, 9.17) is 11.6 Å². The van der Waals surface area contributed by atoms with Gasteiger partial charge in [0, 0.05) is 30.4 Å². The van der Waals surface area contributed by atoms with Crippen molar-refractivity contribution in [3.05, 3.63) is 34.3 Å². The lowest BCUT2D eigenvalue weighted by molar-refractivity contribution is 0.252. The number of aliphatic hydroxyl groups excluding tert-OH is 1. The van der Waals surface area contributed by atoms with E-state index in [-0.39, 0.29) is 0 Å². The van der Waals surface area contributed by atoms with Crippen molar-refractivity contribution in [1.82, 2.24) is 4.90 Å². The lowest BCUT2D eigenvalue weighted by Crippen LogP contribution is -2.18. The van der Waals surface area contributed by atoms with Crippen LogP contribution in [0.4, 0.5) is 0 Å². The lowest BCUT2D eigenvalue weighted by Gasteiger charge is -2.16. The Balaban J connectivity index is 2.08. The summed E-state index contributed by atoms with van der Waals surface area (Å²) in [4.78, 5) is 6.24. The minimum atomic E-state index is -0.719. The number of nitrogens with zero attached hydrogens (tertiary/aromatic N) is 2. The van der Waals surface area contributed by atoms with Gasteiger partial charge in [-0.1, -0.05) is 23.7 Å². The van der Waals surface area contributed by atoms with Gasteiger partial charge in [-0.2, -0.15) is 0 Å². The Morgan fingerprint density at radius 3 is 2.78 bits per heavy atom. The monoisotopic (exact) mass is 266 g/mol. The van der Waals surface area contributed by atoms with Crippen molar-refractivity contribution in [2.75, 3.05) is 20.1 Å². The fourth-order valence-electron chi connectivity index (χ4n) is 2.33. The molecule has 0 amide bonds. The van der Waals surface area contributed by atoms with Crippen LogP contribution in [0.3, 0.4) is 0 Å². The van der Waals surface area contributed by atoms with Crippen LogP contribution in [-0.2, 0) is 6.54 Å². The number of hydrogen-bond acceptors (Lipinski definition) is 3. The molecule has 1 unspecified atom stereocenters. The fourth-order valence-corrected chi connectivity index (χ4v) is 2.64. The number of aliphatic imine (C=N–C) groups is 1. The standard InChI is InChI=1S/C14H19ClN2O/c1-16-9-14(18)12-5-4-11(8-13(12)15)10-17-6-2-3-7-17/h4-5,8-9,14,18H,2-3,6-7,10H2,1H3.